The fraction of sp³-hybridized carbons (Fsp3) is 0.500. The Morgan fingerprint density at radius 1 is 1.44 bits per heavy atom. The number of nitrogens with zero attached hydrogens (tertiary/aromatic N) is 2. The molecule has 0 bridgehead atoms. The quantitative estimate of drug-likeness (QED) is 0.841. The average Bonchev–Trinajstić information content (AvgIpc) is 3.22. The van der Waals surface area contributed by atoms with Crippen molar-refractivity contribution in [1.29, 1.82) is 0 Å². The van der Waals surface area contributed by atoms with Crippen LogP contribution in [0, 0.1) is 0 Å². The van der Waals surface area contributed by atoms with Gasteiger partial charge in [-0.25, -0.2) is 4.79 Å². The summed E-state index contributed by atoms with van der Waals surface area (Å²) >= 11 is 0. The first kappa shape index (κ1) is 17.3. The van der Waals surface area contributed by atoms with Gasteiger partial charge < -0.3 is 19.9 Å². The molecule has 7 heteroatoms. The molecule has 0 radical (unpaired) electrons. The number of methoxy groups -OCH3 is 1. The van der Waals surface area contributed by atoms with Gasteiger partial charge in [-0.2, -0.15) is 4.98 Å². The molecular weight excluding hydrogens is 320 g/mol. The normalized spacial score (nSPS) is 15.9. The SMILES string of the molecule is COc1cccc2c1CC[C@H]2NC(=O)NCCc1nc(C(C)C)no1. The van der Waals surface area contributed by atoms with Gasteiger partial charge in [0.1, 0.15) is 5.75 Å². The van der Waals surface area contributed by atoms with Crippen LogP contribution in [0.1, 0.15) is 55.1 Å². The van der Waals surface area contributed by atoms with Crippen LogP contribution >= 0.6 is 0 Å². The lowest BCUT2D eigenvalue weighted by Crippen LogP contribution is -2.38. The van der Waals surface area contributed by atoms with Crippen LogP contribution in [0.5, 0.6) is 5.75 Å². The van der Waals surface area contributed by atoms with Gasteiger partial charge in [0.15, 0.2) is 5.82 Å². The van der Waals surface area contributed by atoms with Crippen LogP contribution in [0.25, 0.3) is 0 Å². The standard InChI is InChI=1S/C18H24N4O3/c1-11(2)17-21-16(25-22-17)9-10-19-18(23)20-14-8-7-13-12(14)5-4-6-15(13)24-3/h4-6,11,14H,7-10H2,1-3H3,(H2,19,20,23)/t14-/m1/s1. The first-order chi connectivity index (χ1) is 12.1. The van der Waals surface area contributed by atoms with Gasteiger partial charge in [0, 0.05) is 18.9 Å². The number of fused-ring (bicyclic) bond motifs is 1. The fourth-order valence-electron chi connectivity index (χ4n) is 3.06. The van der Waals surface area contributed by atoms with Crippen LogP contribution in [0.4, 0.5) is 4.79 Å². The van der Waals surface area contributed by atoms with Gasteiger partial charge in [-0.15, -0.1) is 0 Å². The monoisotopic (exact) mass is 344 g/mol. The predicted octanol–water partition coefficient (Wildman–Crippen LogP) is 2.73. The summed E-state index contributed by atoms with van der Waals surface area (Å²) < 4.78 is 10.6. The molecule has 0 saturated carbocycles. The zero-order valence-electron chi connectivity index (χ0n) is 14.8. The topological polar surface area (TPSA) is 89.3 Å². The van der Waals surface area contributed by atoms with E-state index in [4.69, 9.17) is 9.26 Å². The zero-order chi connectivity index (χ0) is 17.8. The molecule has 0 fully saturated rings. The second kappa shape index (κ2) is 7.55. The van der Waals surface area contributed by atoms with Gasteiger partial charge in [-0.3, -0.25) is 0 Å². The molecule has 0 spiro atoms. The zero-order valence-corrected chi connectivity index (χ0v) is 14.8. The van der Waals surface area contributed by atoms with Gasteiger partial charge in [-0.1, -0.05) is 31.1 Å². The lowest BCUT2D eigenvalue weighted by atomic mass is 10.1. The highest BCUT2D eigenvalue weighted by Gasteiger charge is 2.26. The van der Waals surface area contributed by atoms with Crippen LogP contribution in [-0.4, -0.2) is 29.8 Å². The van der Waals surface area contributed by atoms with Crippen molar-refractivity contribution in [3.63, 3.8) is 0 Å². The Hall–Kier alpha value is -2.57. The molecule has 0 saturated heterocycles. The third kappa shape index (κ3) is 3.92. The van der Waals surface area contributed by atoms with E-state index in [0.29, 0.717) is 24.7 Å². The summed E-state index contributed by atoms with van der Waals surface area (Å²) in [6, 6.07) is 5.78. The van der Waals surface area contributed by atoms with E-state index in [1.165, 1.54) is 5.56 Å². The third-order valence-electron chi connectivity index (χ3n) is 4.38. The number of aromatic nitrogens is 2. The lowest BCUT2D eigenvalue weighted by Gasteiger charge is -2.15. The van der Waals surface area contributed by atoms with Gasteiger partial charge in [0.05, 0.1) is 13.2 Å². The summed E-state index contributed by atoms with van der Waals surface area (Å²) in [6.07, 6.45) is 2.30. The van der Waals surface area contributed by atoms with E-state index in [-0.39, 0.29) is 18.0 Å². The summed E-state index contributed by atoms with van der Waals surface area (Å²) in [5.41, 5.74) is 2.32. The van der Waals surface area contributed by atoms with E-state index in [0.717, 1.165) is 24.2 Å². The number of ether oxygens (including phenoxy) is 1. The number of hydrogen-bond acceptors (Lipinski definition) is 5. The predicted molar refractivity (Wildman–Crippen MR) is 92.7 cm³/mol. The summed E-state index contributed by atoms with van der Waals surface area (Å²) in [5, 5.41) is 9.78. The molecule has 7 nitrogen and oxygen atoms in total. The number of carbonyl (C=O) groups excluding carboxylic acids is 1. The molecule has 2 amide bonds. The van der Waals surface area contributed by atoms with E-state index in [2.05, 4.69) is 20.8 Å². The van der Waals surface area contributed by atoms with Crippen molar-refractivity contribution in [2.45, 2.75) is 45.1 Å². The second-order valence-corrected chi connectivity index (χ2v) is 6.47. The molecule has 1 heterocycles. The number of hydrogen-bond donors (Lipinski definition) is 2. The number of benzene rings is 1. The van der Waals surface area contributed by atoms with Crippen molar-refractivity contribution < 1.29 is 14.1 Å². The Labute approximate surface area is 147 Å². The maximum atomic E-state index is 12.1. The second-order valence-electron chi connectivity index (χ2n) is 6.47. The number of carbonyl (C=O) groups is 1. The third-order valence-corrected chi connectivity index (χ3v) is 4.38. The highest BCUT2D eigenvalue weighted by atomic mass is 16.5. The maximum absolute atomic E-state index is 12.1. The average molecular weight is 344 g/mol. The van der Waals surface area contributed by atoms with Crippen molar-refractivity contribution >= 4 is 6.03 Å². The highest BCUT2D eigenvalue weighted by molar-refractivity contribution is 5.74. The van der Waals surface area contributed by atoms with Crippen molar-refractivity contribution in [3.8, 4) is 5.75 Å². The molecule has 1 aliphatic rings. The number of amides is 2. The van der Waals surface area contributed by atoms with Gasteiger partial charge in [-0.05, 0) is 30.0 Å². The highest BCUT2D eigenvalue weighted by Crippen LogP contribution is 2.36. The molecule has 0 unspecified atom stereocenters. The lowest BCUT2D eigenvalue weighted by molar-refractivity contribution is 0.236. The maximum Gasteiger partial charge on any atom is 0.315 e. The minimum Gasteiger partial charge on any atom is -0.496 e. The van der Waals surface area contributed by atoms with E-state index in [1.807, 2.05) is 32.0 Å². The largest absolute Gasteiger partial charge is 0.496 e. The molecule has 2 aromatic rings. The summed E-state index contributed by atoms with van der Waals surface area (Å²) in [7, 11) is 1.67. The summed E-state index contributed by atoms with van der Waals surface area (Å²) in [6.45, 7) is 4.47. The van der Waals surface area contributed by atoms with Crippen molar-refractivity contribution in [2.75, 3.05) is 13.7 Å². The molecule has 1 atom stereocenters. The first-order valence-corrected chi connectivity index (χ1v) is 8.61. The number of rotatable bonds is 6. The molecule has 1 aliphatic carbocycles. The molecule has 1 aromatic heterocycles. The van der Waals surface area contributed by atoms with Crippen molar-refractivity contribution in [2.24, 2.45) is 0 Å². The van der Waals surface area contributed by atoms with Crippen LogP contribution in [0.2, 0.25) is 0 Å². The van der Waals surface area contributed by atoms with E-state index in [1.54, 1.807) is 7.11 Å². The minimum atomic E-state index is -0.190. The molecule has 2 N–H and O–H groups in total. The first-order valence-electron chi connectivity index (χ1n) is 8.61. The smallest absolute Gasteiger partial charge is 0.315 e. The minimum absolute atomic E-state index is 0.0149. The number of urea groups is 1. The molecule has 134 valence electrons. The van der Waals surface area contributed by atoms with Gasteiger partial charge >= 0.3 is 6.03 Å². The van der Waals surface area contributed by atoms with E-state index in [9.17, 15) is 4.79 Å². The summed E-state index contributed by atoms with van der Waals surface area (Å²) in [4.78, 5) is 16.4. The molecule has 25 heavy (non-hydrogen) atoms. The fourth-order valence-corrected chi connectivity index (χ4v) is 3.06. The molecule has 3 rings (SSSR count). The van der Waals surface area contributed by atoms with Crippen LogP contribution in [0.15, 0.2) is 22.7 Å². The Morgan fingerprint density at radius 3 is 3.00 bits per heavy atom. The van der Waals surface area contributed by atoms with Gasteiger partial charge in [0.2, 0.25) is 5.89 Å². The van der Waals surface area contributed by atoms with E-state index < -0.39 is 0 Å². The van der Waals surface area contributed by atoms with Crippen LogP contribution in [-0.2, 0) is 12.8 Å². The summed E-state index contributed by atoms with van der Waals surface area (Å²) in [5.74, 6) is 2.35. The van der Waals surface area contributed by atoms with E-state index >= 15 is 0 Å². The molecule has 0 aliphatic heterocycles. The Bertz CT molecular complexity index is 742. The van der Waals surface area contributed by atoms with Gasteiger partial charge in [0.25, 0.3) is 0 Å². The Balaban J connectivity index is 1.49. The number of nitrogens with one attached hydrogen (secondary N) is 2. The van der Waals surface area contributed by atoms with Crippen LogP contribution < -0.4 is 15.4 Å². The molecule has 1 aromatic carbocycles. The molecular formula is C18H24N4O3. The van der Waals surface area contributed by atoms with Crippen molar-refractivity contribution in [1.82, 2.24) is 20.8 Å². The Kier molecular flexibility index (Phi) is 5.21. The van der Waals surface area contributed by atoms with Crippen molar-refractivity contribution in [3.05, 3.63) is 41.0 Å². The Morgan fingerprint density at radius 2 is 2.28 bits per heavy atom. The van der Waals surface area contributed by atoms with Crippen LogP contribution in [0.3, 0.4) is 0 Å².